The van der Waals surface area contributed by atoms with E-state index in [1.807, 2.05) is 0 Å². The topological polar surface area (TPSA) is 70.7 Å². The van der Waals surface area contributed by atoms with Gasteiger partial charge in [-0.05, 0) is 24.3 Å². The maximum absolute atomic E-state index is 9.02. The summed E-state index contributed by atoms with van der Waals surface area (Å²) in [6, 6.07) is 6.43. The first kappa shape index (κ1) is 8.76. The van der Waals surface area contributed by atoms with Crippen molar-refractivity contribution >= 4 is 22.4 Å². The van der Waals surface area contributed by atoms with Crippen LogP contribution in [-0.4, -0.2) is 14.5 Å². The van der Waals surface area contributed by atoms with Gasteiger partial charge in [-0.15, -0.1) is 10.2 Å². The number of rotatable bonds is 2. The number of aromatic hydroxyl groups is 1. The Morgan fingerprint density at radius 2 is 1.93 bits per heavy atom. The molecule has 0 aliphatic carbocycles. The highest BCUT2D eigenvalue weighted by atomic mass is 32.1. The van der Waals surface area contributed by atoms with E-state index in [4.69, 9.17) is 5.11 Å². The molecular weight excluding hydrogens is 200 g/mol. The van der Waals surface area contributed by atoms with E-state index < -0.39 is 0 Å². The minimum absolute atomic E-state index is 0.208. The number of phenolic OH excluding ortho intramolecular Hbond substituents is 1. The molecule has 1 aromatic carbocycles. The summed E-state index contributed by atoms with van der Waals surface area (Å²) in [4.78, 5) is 3.85. The van der Waals surface area contributed by atoms with Crippen LogP contribution in [0.25, 0.3) is 0 Å². The van der Waals surface area contributed by atoms with Crippen LogP contribution in [0, 0.1) is 0 Å². The van der Waals surface area contributed by atoms with E-state index in [2.05, 4.69) is 19.6 Å². The second kappa shape index (κ2) is 3.93. The highest BCUT2D eigenvalue weighted by Crippen LogP contribution is 2.20. The second-order valence-electron chi connectivity index (χ2n) is 2.44. The van der Waals surface area contributed by atoms with Gasteiger partial charge in [-0.25, -0.2) is 4.98 Å². The molecule has 0 radical (unpaired) electrons. The molecule has 6 heteroatoms. The highest BCUT2D eigenvalue weighted by Gasteiger charge is 1.93. The van der Waals surface area contributed by atoms with E-state index in [0.29, 0.717) is 10.8 Å². The number of nitrogens with zero attached hydrogens (tertiary/aromatic N) is 4. The molecule has 0 spiro atoms. The van der Waals surface area contributed by atoms with Crippen LogP contribution in [0.3, 0.4) is 0 Å². The van der Waals surface area contributed by atoms with Gasteiger partial charge in [0.25, 0.3) is 0 Å². The standard InChI is InChI=1S/C8H6N4OS/c13-7-3-1-6(2-4-7)11-12-8-9-5-10-14-8/h1-5,13H. The molecule has 0 atom stereocenters. The van der Waals surface area contributed by atoms with Crippen molar-refractivity contribution in [2.45, 2.75) is 0 Å². The first-order chi connectivity index (χ1) is 6.84. The van der Waals surface area contributed by atoms with Crippen molar-refractivity contribution < 1.29 is 5.11 Å². The van der Waals surface area contributed by atoms with E-state index in [-0.39, 0.29) is 5.75 Å². The van der Waals surface area contributed by atoms with Crippen LogP contribution in [0.5, 0.6) is 5.75 Å². The van der Waals surface area contributed by atoms with Gasteiger partial charge in [0.2, 0.25) is 5.13 Å². The summed E-state index contributed by atoms with van der Waals surface area (Å²) in [5.74, 6) is 0.208. The van der Waals surface area contributed by atoms with Gasteiger partial charge < -0.3 is 5.11 Å². The highest BCUT2D eigenvalue weighted by molar-refractivity contribution is 7.09. The maximum atomic E-state index is 9.02. The summed E-state index contributed by atoms with van der Waals surface area (Å²) in [7, 11) is 0. The molecule has 1 N–H and O–H groups in total. The Morgan fingerprint density at radius 1 is 1.14 bits per heavy atom. The van der Waals surface area contributed by atoms with E-state index in [1.165, 1.54) is 17.9 Å². The molecule has 2 aromatic rings. The normalized spacial score (nSPS) is 10.9. The Labute approximate surface area is 84.0 Å². The van der Waals surface area contributed by atoms with Crippen molar-refractivity contribution in [3.63, 3.8) is 0 Å². The smallest absolute Gasteiger partial charge is 0.249 e. The predicted octanol–water partition coefficient (Wildman–Crippen LogP) is 2.66. The van der Waals surface area contributed by atoms with E-state index in [1.54, 1.807) is 24.3 Å². The molecule has 70 valence electrons. The third kappa shape index (κ3) is 2.11. The second-order valence-corrected chi connectivity index (χ2v) is 3.20. The maximum Gasteiger partial charge on any atom is 0.249 e. The van der Waals surface area contributed by atoms with E-state index >= 15 is 0 Å². The molecule has 0 saturated heterocycles. The number of hydrogen-bond donors (Lipinski definition) is 1. The molecule has 0 unspecified atom stereocenters. The van der Waals surface area contributed by atoms with Crippen molar-refractivity contribution in [1.29, 1.82) is 0 Å². The number of benzene rings is 1. The zero-order valence-corrected chi connectivity index (χ0v) is 7.85. The lowest BCUT2D eigenvalue weighted by Crippen LogP contribution is -1.63. The molecule has 14 heavy (non-hydrogen) atoms. The summed E-state index contributed by atoms with van der Waals surface area (Å²) in [6.07, 6.45) is 1.43. The summed E-state index contributed by atoms with van der Waals surface area (Å²) >= 11 is 1.17. The van der Waals surface area contributed by atoms with Crippen LogP contribution < -0.4 is 0 Å². The summed E-state index contributed by atoms with van der Waals surface area (Å²) in [5, 5.41) is 17.3. The van der Waals surface area contributed by atoms with Crippen LogP contribution in [0.4, 0.5) is 10.8 Å². The van der Waals surface area contributed by atoms with Crippen molar-refractivity contribution in [2.24, 2.45) is 10.2 Å². The molecule has 0 aliphatic heterocycles. The predicted molar refractivity (Wildman–Crippen MR) is 52.2 cm³/mol. The van der Waals surface area contributed by atoms with Crippen molar-refractivity contribution in [1.82, 2.24) is 9.36 Å². The fourth-order valence-corrected chi connectivity index (χ4v) is 1.19. The fraction of sp³-hybridized carbons (Fsp3) is 0. The largest absolute Gasteiger partial charge is 0.508 e. The third-order valence-corrected chi connectivity index (χ3v) is 2.00. The van der Waals surface area contributed by atoms with Gasteiger partial charge in [0, 0.05) is 11.5 Å². The molecule has 1 heterocycles. The summed E-state index contributed by atoms with van der Waals surface area (Å²) in [5.41, 5.74) is 0.665. The Morgan fingerprint density at radius 3 is 2.57 bits per heavy atom. The van der Waals surface area contributed by atoms with Crippen LogP contribution in [-0.2, 0) is 0 Å². The minimum Gasteiger partial charge on any atom is -0.508 e. The molecule has 1 aromatic heterocycles. The van der Waals surface area contributed by atoms with Crippen LogP contribution in [0.15, 0.2) is 40.8 Å². The van der Waals surface area contributed by atoms with Crippen molar-refractivity contribution in [2.75, 3.05) is 0 Å². The molecule has 0 saturated carbocycles. The monoisotopic (exact) mass is 206 g/mol. The van der Waals surface area contributed by atoms with Crippen molar-refractivity contribution in [3.8, 4) is 5.75 Å². The zero-order valence-electron chi connectivity index (χ0n) is 7.03. The molecule has 0 aliphatic rings. The van der Waals surface area contributed by atoms with Gasteiger partial charge in [-0.2, -0.15) is 4.37 Å². The van der Waals surface area contributed by atoms with Gasteiger partial charge in [-0.3, -0.25) is 0 Å². The Bertz CT molecular complexity index is 423. The number of aromatic nitrogens is 2. The average Bonchev–Trinajstić information content (AvgIpc) is 2.70. The van der Waals surface area contributed by atoms with Crippen LogP contribution >= 0.6 is 11.5 Å². The van der Waals surface area contributed by atoms with E-state index in [9.17, 15) is 0 Å². The average molecular weight is 206 g/mol. The molecule has 0 bridgehead atoms. The van der Waals surface area contributed by atoms with Gasteiger partial charge in [0.15, 0.2) is 0 Å². The molecular formula is C8H6N4OS. The Hall–Kier alpha value is -1.82. The van der Waals surface area contributed by atoms with Gasteiger partial charge in [0.1, 0.15) is 12.1 Å². The molecule has 2 rings (SSSR count). The number of phenols is 1. The first-order valence-electron chi connectivity index (χ1n) is 3.82. The summed E-state index contributed by atoms with van der Waals surface area (Å²) < 4.78 is 3.79. The minimum atomic E-state index is 0.208. The Kier molecular flexibility index (Phi) is 2.46. The SMILES string of the molecule is Oc1ccc(N=Nc2ncns2)cc1. The van der Waals surface area contributed by atoms with E-state index in [0.717, 1.165) is 0 Å². The zero-order chi connectivity index (χ0) is 9.80. The molecule has 0 amide bonds. The summed E-state index contributed by atoms with van der Waals surface area (Å²) in [6.45, 7) is 0. The number of azo groups is 1. The lowest BCUT2D eigenvalue weighted by atomic mass is 10.3. The van der Waals surface area contributed by atoms with Gasteiger partial charge >= 0.3 is 0 Å². The lowest BCUT2D eigenvalue weighted by Gasteiger charge is -1.91. The lowest BCUT2D eigenvalue weighted by molar-refractivity contribution is 0.475. The third-order valence-electron chi connectivity index (χ3n) is 1.45. The fourth-order valence-electron chi connectivity index (χ4n) is 0.831. The first-order valence-corrected chi connectivity index (χ1v) is 4.59. The number of hydrogen-bond acceptors (Lipinski definition) is 6. The van der Waals surface area contributed by atoms with Crippen molar-refractivity contribution in [3.05, 3.63) is 30.6 Å². The van der Waals surface area contributed by atoms with Gasteiger partial charge in [0.05, 0.1) is 5.69 Å². The molecule has 0 fully saturated rings. The quantitative estimate of drug-likeness (QED) is 0.768. The Balaban J connectivity index is 2.15. The van der Waals surface area contributed by atoms with Crippen LogP contribution in [0.2, 0.25) is 0 Å². The molecule has 5 nitrogen and oxygen atoms in total. The van der Waals surface area contributed by atoms with Gasteiger partial charge in [-0.1, -0.05) is 0 Å². The van der Waals surface area contributed by atoms with Crippen LogP contribution in [0.1, 0.15) is 0 Å².